The Morgan fingerprint density at radius 2 is 0.841 bits per heavy atom. The molecule has 0 aliphatic carbocycles. The molecular formula is C54H50O15. The second-order valence-electron chi connectivity index (χ2n) is 15.2. The highest BCUT2D eigenvalue weighted by Gasteiger charge is 2.28. The molecule has 15 heteroatoms. The molecule has 6 rings (SSSR count). The molecule has 356 valence electrons. The molecule has 0 aliphatic heterocycles. The van der Waals surface area contributed by atoms with Crippen molar-refractivity contribution in [2.75, 3.05) is 39.6 Å². The van der Waals surface area contributed by atoms with Crippen LogP contribution in [0.5, 0.6) is 34.5 Å². The molecule has 15 nitrogen and oxygen atoms in total. The zero-order valence-corrected chi connectivity index (χ0v) is 37.2. The Morgan fingerprint density at radius 3 is 1.20 bits per heavy atom. The number of esters is 3. The molecule has 0 fully saturated rings. The number of phenols is 3. The number of carbonyl (C=O) groups excluding carboxylic acids is 6. The molecule has 0 radical (unpaired) electrons. The van der Waals surface area contributed by atoms with Crippen LogP contribution in [0, 0.1) is 11.8 Å². The monoisotopic (exact) mass is 940 g/mol. The van der Waals surface area contributed by atoms with E-state index in [4.69, 9.17) is 31.2 Å². The first kappa shape index (κ1) is 47.0. The van der Waals surface area contributed by atoms with Crippen LogP contribution in [0.3, 0.4) is 0 Å². The van der Waals surface area contributed by atoms with Gasteiger partial charge < -0.3 is 43.7 Å². The van der Waals surface area contributed by atoms with Crippen molar-refractivity contribution in [2.24, 2.45) is 11.8 Å². The van der Waals surface area contributed by atoms with Crippen LogP contribution in [0.2, 0.25) is 0 Å². The zero-order chi connectivity index (χ0) is 50.7. The van der Waals surface area contributed by atoms with E-state index in [1.54, 1.807) is 91.0 Å². The molecule has 3 atom stereocenters. The predicted molar refractivity (Wildman–Crippen MR) is 250 cm³/mol. The molecule has 0 aliphatic rings. The molecule has 0 saturated heterocycles. The number of hydrogen-bond donors (Lipinski definition) is 3. The third kappa shape index (κ3) is 14.5. The second kappa shape index (κ2) is 24.9. The summed E-state index contributed by atoms with van der Waals surface area (Å²) in [6.45, 7) is -2.10. The Labute approximate surface area is 400 Å². The van der Waals surface area contributed by atoms with Gasteiger partial charge in [-0.15, -0.1) is 0 Å². The minimum absolute atomic E-state index is 0.0516. The Morgan fingerprint density at radius 1 is 0.478 bits per heavy atom. The van der Waals surface area contributed by atoms with Crippen molar-refractivity contribution >= 4 is 35.3 Å². The largest absolute Gasteiger partial charge is 0.507 e. The van der Waals surface area contributed by atoms with Gasteiger partial charge in [-0.2, -0.15) is 0 Å². The fourth-order valence-electron chi connectivity index (χ4n) is 6.78. The van der Waals surface area contributed by atoms with E-state index in [0.29, 0.717) is 16.7 Å². The summed E-state index contributed by atoms with van der Waals surface area (Å²) < 4.78 is 49.5. The van der Waals surface area contributed by atoms with Crippen molar-refractivity contribution in [1.82, 2.24) is 0 Å². The van der Waals surface area contributed by atoms with Crippen LogP contribution in [0.1, 0.15) is 76.6 Å². The second-order valence-corrected chi connectivity index (χ2v) is 15.2. The van der Waals surface area contributed by atoms with Gasteiger partial charge in [-0.3, -0.25) is 28.8 Å². The lowest BCUT2D eigenvalue weighted by molar-refractivity contribution is -0.153. The fourth-order valence-corrected chi connectivity index (χ4v) is 6.78. The van der Waals surface area contributed by atoms with E-state index >= 15 is 0 Å². The lowest BCUT2D eigenvalue weighted by atomic mass is 9.92. The van der Waals surface area contributed by atoms with Crippen molar-refractivity contribution in [1.29, 1.82) is 0 Å². The maximum absolute atomic E-state index is 13.6. The first-order valence-corrected chi connectivity index (χ1v) is 21.7. The number of rotatable bonds is 25. The molecule has 3 unspecified atom stereocenters. The van der Waals surface area contributed by atoms with Gasteiger partial charge in [-0.25, -0.2) is 0 Å². The van der Waals surface area contributed by atoms with Gasteiger partial charge >= 0.3 is 17.9 Å². The highest BCUT2D eigenvalue weighted by Crippen LogP contribution is 2.29. The van der Waals surface area contributed by atoms with Crippen LogP contribution in [0.15, 0.2) is 146 Å². The van der Waals surface area contributed by atoms with Gasteiger partial charge in [0.25, 0.3) is 0 Å². The van der Waals surface area contributed by atoms with Gasteiger partial charge in [-0.1, -0.05) is 97.9 Å². The molecule has 3 N–H and O–H groups in total. The van der Waals surface area contributed by atoms with Crippen LogP contribution in [-0.4, -0.2) is 90.2 Å². The Balaban J connectivity index is 1.02. The SMILES string of the molecule is [2H]CC(CC(CC([2H])C(=O)OCCOc1ccc(C(=O)c2ccccc2)c(O)c1)C(=O)OCCOc1ccc(C(=O)c2ccccc2)c(O)c1)C(=O)OCCOc1ccc(C(=O)c2ccccc2)c(O)c1. The highest BCUT2D eigenvalue weighted by molar-refractivity contribution is 6.12. The van der Waals surface area contributed by atoms with Crippen molar-refractivity contribution in [2.45, 2.75) is 26.1 Å². The Hall–Kier alpha value is -8.46. The third-order valence-electron chi connectivity index (χ3n) is 10.3. The fraction of sp³-hybridized carbons (Fsp3) is 0.222. The molecule has 6 aromatic rings. The van der Waals surface area contributed by atoms with Crippen LogP contribution < -0.4 is 14.2 Å². The summed E-state index contributed by atoms with van der Waals surface area (Å²) in [4.78, 5) is 78.2. The third-order valence-corrected chi connectivity index (χ3v) is 10.3. The van der Waals surface area contributed by atoms with Gasteiger partial charge in [-0.05, 0) is 49.2 Å². The van der Waals surface area contributed by atoms with Gasteiger partial charge in [0, 0.05) is 44.0 Å². The standard InChI is InChI=1S/C54H50O15/c1-35(53(62)68-29-26-65-41-19-22-44(47(56)33-41)51(60)37-13-7-3-8-14-37)31-39(54(63)69-30-27-66-42-20-23-45(48(57)34-42)52(61)38-15-9-4-10-16-38)17-24-49(58)67-28-25-64-40-18-21-43(46(55)32-40)50(59)36-11-5-2-6-12-36/h2-16,18-23,32-35,39,55-57H,17,24-31H2,1H3/i1D,24D. The van der Waals surface area contributed by atoms with Gasteiger partial charge in [0.15, 0.2) is 17.3 Å². The van der Waals surface area contributed by atoms with Gasteiger partial charge in [0.2, 0.25) is 0 Å². The smallest absolute Gasteiger partial charge is 0.309 e. The topological polar surface area (TPSA) is 218 Å². The van der Waals surface area contributed by atoms with Gasteiger partial charge in [0.1, 0.15) is 74.1 Å². The van der Waals surface area contributed by atoms with Crippen molar-refractivity contribution in [3.05, 3.63) is 179 Å². The number of benzene rings is 6. The summed E-state index contributed by atoms with van der Waals surface area (Å²) in [5, 5.41) is 31.6. The predicted octanol–water partition coefficient (Wildman–Crippen LogP) is 8.09. The summed E-state index contributed by atoms with van der Waals surface area (Å²) in [6, 6.07) is 37.5. The highest BCUT2D eigenvalue weighted by atomic mass is 16.6. The molecule has 0 saturated carbocycles. The van der Waals surface area contributed by atoms with Crippen LogP contribution in [0.4, 0.5) is 0 Å². The molecule has 0 spiro atoms. The molecule has 6 aromatic carbocycles. The quantitative estimate of drug-likeness (QED) is 0.0214. The molecule has 0 amide bonds. The van der Waals surface area contributed by atoms with E-state index in [1.165, 1.54) is 54.6 Å². The van der Waals surface area contributed by atoms with E-state index in [2.05, 4.69) is 0 Å². The lowest BCUT2D eigenvalue weighted by Crippen LogP contribution is -2.27. The Bertz CT molecular complexity index is 2790. The minimum Gasteiger partial charge on any atom is -0.507 e. The number of aromatic hydroxyl groups is 3. The summed E-state index contributed by atoms with van der Waals surface area (Å²) in [5.74, 6) is -6.92. The Kier molecular flexibility index (Phi) is 17.0. The average Bonchev–Trinajstić information content (AvgIpc) is 3.39. The molecule has 69 heavy (non-hydrogen) atoms. The van der Waals surface area contributed by atoms with E-state index in [9.17, 15) is 44.1 Å². The number of phenolic OH excluding ortho intramolecular Hbond substituents is 3. The van der Waals surface area contributed by atoms with Crippen LogP contribution in [0.25, 0.3) is 0 Å². The van der Waals surface area contributed by atoms with Crippen LogP contribution >= 0.6 is 0 Å². The minimum atomic E-state index is -1.65. The molecule has 0 aromatic heterocycles. The lowest BCUT2D eigenvalue weighted by Gasteiger charge is -2.19. The van der Waals surface area contributed by atoms with E-state index < -0.39 is 61.0 Å². The average molecular weight is 941 g/mol. The first-order chi connectivity index (χ1) is 34.3. The van der Waals surface area contributed by atoms with Gasteiger partial charge in [0.05, 0.1) is 28.5 Å². The number of hydrogen-bond acceptors (Lipinski definition) is 15. The number of ketones is 3. The van der Waals surface area contributed by atoms with E-state index in [-0.39, 0.29) is 103 Å². The summed E-state index contributed by atoms with van der Waals surface area (Å²) in [7, 11) is 0. The maximum Gasteiger partial charge on any atom is 0.309 e. The zero-order valence-electron chi connectivity index (χ0n) is 39.2. The molecule has 0 bridgehead atoms. The summed E-state index contributed by atoms with van der Waals surface area (Å²) in [6.07, 6.45) is -2.48. The van der Waals surface area contributed by atoms with E-state index in [1.807, 2.05) is 0 Å². The number of ether oxygens (including phenoxy) is 6. The maximum atomic E-state index is 13.6. The van der Waals surface area contributed by atoms with Crippen molar-refractivity contribution < 1.29 is 75.2 Å². The number of carbonyl (C=O) groups is 6. The summed E-state index contributed by atoms with van der Waals surface area (Å²) >= 11 is 0. The molecule has 0 heterocycles. The molecular weight excluding hydrogens is 889 g/mol. The van der Waals surface area contributed by atoms with Crippen molar-refractivity contribution in [3.63, 3.8) is 0 Å². The normalized spacial score (nSPS) is 12.5. The van der Waals surface area contributed by atoms with Crippen molar-refractivity contribution in [3.8, 4) is 34.5 Å². The first-order valence-electron chi connectivity index (χ1n) is 23.0. The van der Waals surface area contributed by atoms with Crippen LogP contribution in [-0.2, 0) is 28.6 Å². The van der Waals surface area contributed by atoms with E-state index in [0.717, 1.165) is 0 Å². The summed E-state index contributed by atoms with van der Waals surface area (Å²) in [5.41, 5.74) is 1.32.